The first-order chi connectivity index (χ1) is 15.2. The van der Waals surface area contributed by atoms with E-state index >= 15 is 4.39 Å². The fraction of sp³-hybridized carbons (Fsp3) is 0. The van der Waals surface area contributed by atoms with Crippen molar-refractivity contribution >= 4 is 23.1 Å². The maximum atomic E-state index is 15.2. The van der Waals surface area contributed by atoms with E-state index in [1.807, 2.05) is 54.6 Å². The van der Waals surface area contributed by atoms with Crippen LogP contribution in [0.2, 0.25) is 0 Å². The fourth-order valence-corrected chi connectivity index (χ4v) is 4.26. The van der Waals surface area contributed by atoms with Crippen LogP contribution in [0.4, 0.5) is 4.39 Å². The molecule has 0 fully saturated rings. The number of para-hydroxylation sites is 2. The van der Waals surface area contributed by atoms with Gasteiger partial charge in [-0.2, -0.15) is 10.5 Å². The first-order valence-corrected chi connectivity index (χ1v) is 9.80. The molecule has 0 saturated carbocycles. The van der Waals surface area contributed by atoms with Gasteiger partial charge in [0.05, 0.1) is 11.6 Å². The molecule has 0 amide bonds. The van der Waals surface area contributed by atoms with Crippen molar-refractivity contribution < 1.29 is 9.13 Å². The van der Waals surface area contributed by atoms with Gasteiger partial charge in [-0.3, -0.25) is 0 Å². The summed E-state index contributed by atoms with van der Waals surface area (Å²) in [7, 11) is 0. The summed E-state index contributed by atoms with van der Waals surface area (Å²) in [6.45, 7) is -0.322. The van der Waals surface area contributed by atoms with E-state index in [1.54, 1.807) is 30.3 Å². The largest absolute Gasteiger partial charge is 0.458 e. The molecular formula is C26H14BFN2O. The monoisotopic (exact) mass is 400 g/mol. The molecule has 0 saturated heterocycles. The second-order valence-electron chi connectivity index (χ2n) is 7.27. The predicted octanol–water partition coefficient (Wildman–Crippen LogP) is 3.86. The van der Waals surface area contributed by atoms with Crippen molar-refractivity contribution in [2.45, 2.75) is 0 Å². The second-order valence-corrected chi connectivity index (χ2v) is 7.27. The molecule has 31 heavy (non-hydrogen) atoms. The SMILES string of the molecule is N#Cc1cccc(-c2cccc(C#N)c2B2c3ccccc3Oc3ccccc32)c1F. The number of fused-ring (bicyclic) bond motifs is 2. The Balaban J connectivity index is 1.86. The lowest BCUT2D eigenvalue weighted by molar-refractivity contribution is 0.487. The van der Waals surface area contributed by atoms with Crippen molar-refractivity contribution in [3.8, 4) is 34.8 Å². The molecule has 5 heteroatoms. The van der Waals surface area contributed by atoms with Crippen molar-refractivity contribution in [2.24, 2.45) is 0 Å². The maximum absolute atomic E-state index is 15.2. The first kappa shape index (κ1) is 18.7. The summed E-state index contributed by atoms with van der Waals surface area (Å²) in [6.07, 6.45) is 0. The summed E-state index contributed by atoms with van der Waals surface area (Å²) in [4.78, 5) is 0. The van der Waals surface area contributed by atoms with Gasteiger partial charge in [0.2, 0.25) is 0 Å². The molecule has 1 aliphatic heterocycles. The maximum Gasteiger partial charge on any atom is 0.253 e. The number of nitrogens with zero attached hydrogens (tertiary/aromatic N) is 2. The highest BCUT2D eigenvalue weighted by Gasteiger charge is 2.35. The topological polar surface area (TPSA) is 56.8 Å². The minimum Gasteiger partial charge on any atom is -0.458 e. The van der Waals surface area contributed by atoms with Gasteiger partial charge in [-0.25, -0.2) is 4.39 Å². The van der Waals surface area contributed by atoms with Crippen LogP contribution in [-0.2, 0) is 0 Å². The normalized spacial score (nSPS) is 11.5. The number of rotatable bonds is 2. The quantitative estimate of drug-likeness (QED) is 0.423. The minimum atomic E-state index is -0.588. The zero-order valence-electron chi connectivity index (χ0n) is 16.3. The Kier molecular flexibility index (Phi) is 4.51. The molecule has 4 aromatic rings. The van der Waals surface area contributed by atoms with Crippen LogP contribution in [0.1, 0.15) is 11.1 Å². The smallest absolute Gasteiger partial charge is 0.253 e. The van der Waals surface area contributed by atoms with Crippen LogP contribution in [0, 0.1) is 28.5 Å². The Morgan fingerprint density at radius 1 is 0.645 bits per heavy atom. The minimum absolute atomic E-state index is 0.0291. The summed E-state index contributed by atoms with van der Waals surface area (Å²) in [5, 5.41) is 19.3. The van der Waals surface area contributed by atoms with E-state index in [4.69, 9.17) is 4.74 Å². The molecular weight excluding hydrogens is 386 g/mol. The van der Waals surface area contributed by atoms with Crippen molar-refractivity contribution in [3.63, 3.8) is 0 Å². The summed E-state index contributed by atoms with van der Waals surface area (Å²) in [6, 6.07) is 29.6. The number of hydrogen-bond donors (Lipinski definition) is 0. The summed E-state index contributed by atoms with van der Waals surface area (Å²) in [5.41, 5.74) is 3.82. The van der Waals surface area contributed by atoms with E-state index in [2.05, 4.69) is 6.07 Å². The van der Waals surface area contributed by atoms with Crippen LogP contribution < -0.4 is 21.1 Å². The van der Waals surface area contributed by atoms with Crippen molar-refractivity contribution in [1.82, 2.24) is 0 Å². The lowest BCUT2D eigenvalue weighted by atomic mass is 9.34. The Labute approximate surface area is 179 Å². The third-order valence-electron chi connectivity index (χ3n) is 5.60. The van der Waals surface area contributed by atoms with Crippen LogP contribution in [0.3, 0.4) is 0 Å². The van der Waals surface area contributed by atoms with E-state index in [1.165, 1.54) is 6.07 Å². The van der Waals surface area contributed by atoms with Gasteiger partial charge in [0, 0.05) is 11.1 Å². The standard InChI is InChI=1S/C26H14BFN2O/c28-26-18(16-30)8-6-10-20(26)19-9-5-7-17(15-29)25(19)27-21-11-1-3-13-23(21)31-24-14-4-2-12-22(24)27/h1-14H. The molecule has 0 atom stereocenters. The van der Waals surface area contributed by atoms with Gasteiger partial charge in [0.25, 0.3) is 6.71 Å². The number of nitriles is 2. The van der Waals surface area contributed by atoms with Crippen molar-refractivity contribution in [3.05, 3.63) is 102 Å². The van der Waals surface area contributed by atoms with Gasteiger partial charge >= 0.3 is 0 Å². The van der Waals surface area contributed by atoms with E-state index < -0.39 is 5.82 Å². The second kappa shape index (κ2) is 7.48. The van der Waals surface area contributed by atoms with Crippen LogP contribution in [0.25, 0.3) is 11.1 Å². The van der Waals surface area contributed by atoms with Crippen LogP contribution in [0.15, 0.2) is 84.9 Å². The van der Waals surface area contributed by atoms with E-state index in [9.17, 15) is 10.5 Å². The molecule has 0 spiro atoms. The Hall–Kier alpha value is -4.35. The number of halogens is 1. The molecule has 1 aliphatic rings. The van der Waals surface area contributed by atoms with Crippen molar-refractivity contribution in [2.75, 3.05) is 0 Å². The highest BCUT2D eigenvalue weighted by atomic mass is 19.1. The molecule has 0 aliphatic carbocycles. The number of hydrogen-bond acceptors (Lipinski definition) is 3. The van der Waals surface area contributed by atoms with Crippen LogP contribution in [-0.4, -0.2) is 6.71 Å². The Bertz CT molecular complexity index is 1370. The fourth-order valence-electron chi connectivity index (χ4n) is 4.26. The summed E-state index contributed by atoms with van der Waals surface area (Å²) >= 11 is 0. The lowest BCUT2D eigenvalue weighted by Crippen LogP contribution is -2.56. The third kappa shape index (κ3) is 2.96. The lowest BCUT2D eigenvalue weighted by Gasteiger charge is -2.28. The Morgan fingerprint density at radius 2 is 1.19 bits per heavy atom. The average Bonchev–Trinajstić information content (AvgIpc) is 2.82. The van der Waals surface area contributed by atoms with Crippen LogP contribution in [0.5, 0.6) is 11.5 Å². The van der Waals surface area contributed by atoms with E-state index in [0.29, 0.717) is 33.7 Å². The third-order valence-corrected chi connectivity index (χ3v) is 5.60. The zero-order chi connectivity index (χ0) is 21.4. The summed E-state index contributed by atoms with van der Waals surface area (Å²) in [5.74, 6) is 0.822. The van der Waals surface area contributed by atoms with Gasteiger partial charge in [-0.15, -0.1) is 0 Å². The van der Waals surface area contributed by atoms with E-state index in [-0.39, 0.29) is 12.3 Å². The molecule has 1 heterocycles. The van der Waals surface area contributed by atoms with Crippen molar-refractivity contribution in [1.29, 1.82) is 10.5 Å². The molecule has 0 aromatic heterocycles. The number of benzene rings is 4. The highest BCUT2D eigenvalue weighted by molar-refractivity contribution is 6.98. The summed E-state index contributed by atoms with van der Waals surface area (Å²) < 4.78 is 21.3. The van der Waals surface area contributed by atoms with Gasteiger partial charge in [0.15, 0.2) is 0 Å². The first-order valence-electron chi connectivity index (χ1n) is 9.80. The molecule has 0 N–H and O–H groups in total. The molecule has 3 nitrogen and oxygen atoms in total. The molecule has 144 valence electrons. The van der Waals surface area contributed by atoms with Gasteiger partial charge in [-0.05, 0) is 46.2 Å². The predicted molar refractivity (Wildman–Crippen MR) is 119 cm³/mol. The molecule has 4 aromatic carbocycles. The van der Waals surface area contributed by atoms with Gasteiger partial charge < -0.3 is 4.74 Å². The van der Waals surface area contributed by atoms with Gasteiger partial charge in [-0.1, -0.05) is 60.7 Å². The van der Waals surface area contributed by atoms with E-state index in [0.717, 1.165) is 10.9 Å². The molecule has 0 radical (unpaired) electrons. The zero-order valence-corrected chi connectivity index (χ0v) is 16.3. The molecule has 0 bridgehead atoms. The Morgan fingerprint density at radius 3 is 1.81 bits per heavy atom. The van der Waals surface area contributed by atoms with Crippen LogP contribution >= 0.6 is 0 Å². The molecule has 0 unspecified atom stereocenters. The van der Waals surface area contributed by atoms with Gasteiger partial charge in [0.1, 0.15) is 23.4 Å². The highest BCUT2D eigenvalue weighted by Crippen LogP contribution is 2.28. The average molecular weight is 400 g/mol. The number of ether oxygens (including phenoxy) is 1. The molecule has 5 rings (SSSR count).